The van der Waals surface area contributed by atoms with E-state index in [-0.39, 0.29) is 11.7 Å². The number of nitrogens with zero attached hydrogens (tertiary/aromatic N) is 2. The molecule has 1 aliphatic heterocycles. The van der Waals surface area contributed by atoms with Crippen LogP contribution in [0.15, 0.2) is 48.7 Å². The van der Waals surface area contributed by atoms with E-state index in [1.54, 1.807) is 22.9 Å². The number of rotatable bonds is 4. The molecular weight excluding hydrogens is 321 g/mol. The van der Waals surface area contributed by atoms with Gasteiger partial charge in [0.1, 0.15) is 18.2 Å². The zero-order chi connectivity index (χ0) is 17.4. The summed E-state index contributed by atoms with van der Waals surface area (Å²) in [4.78, 5) is 12.0. The van der Waals surface area contributed by atoms with Gasteiger partial charge in [-0.05, 0) is 41.5 Å². The largest absolute Gasteiger partial charge is 0.487 e. The fourth-order valence-corrected chi connectivity index (χ4v) is 2.92. The van der Waals surface area contributed by atoms with E-state index in [0.717, 1.165) is 22.4 Å². The Hall–Kier alpha value is -3.15. The Bertz CT molecular complexity index is 948. The van der Waals surface area contributed by atoms with E-state index in [4.69, 9.17) is 4.74 Å². The van der Waals surface area contributed by atoms with Crippen molar-refractivity contribution < 1.29 is 13.9 Å². The van der Waals surface area contributed by atoms with Gasteiger partial charge in [0.2, 0.25) is 0 Å². The molecule has 1 N–H and O–H groups in total. The Balaban J connectivity index is 1.73. The van der Waals surface area contributed by atoms with Crippen LogP contribution in [0, 0.1) is 5.82 Å². The molecule has 0 radical (unpaired) electrons. The number of aromatic nitrogens is 2. The second kappa shape index (κ2) is 6.05. The number of fused-ring (bicyclic) bond motifs is 1. The number of halogens is 1. The van der Waals surface area contributed by atoms with Gasteiger partial charge >= 0.3 is 0 Å². The lowest BCUT2D eigenvalue weighted by molar-refractivity contribution is 0.0966. The SMILES string of the molecule is Cn1ccc(COc2cc3c(cc2-c2ccc(F)cc2)C(=O)NC3)n1. The van der Waals surface area contributed by atoms with Gasteiger partial charge in [-0.3, -0.25) is 9.48 Å². The molecule has 5 nitrogen and oxygen atoms in total. The van der Waals surface area contributed by atoms with Crippen molar-refractivity contribution in [2.24, 2.45) is 7.05 Å². The average Bonchev–Trinajstić information content (AvgIpc) is 3.19. The first kappa shape index (κ1) is 15.4. The fraction of sp³-hybridized carbons (Fsp3) is 0.158. The first-order chi connectivity index (χ1) is 12.1. The maximum absolute atomic E-state index is 13.3. The van der Waals surface area contributed by atoms with Crippen LogP contribution in [0.5, 0.6) is 5.75 Å². The fourth-order valence-electron chi connectivity index (χ4n) is 2.92. The van der Waals surface area contributed by atoms with Crippen LogP contribution in [0.3, 0.4) is 0 Å². The summed E-state index contributed by atoms with van der Waals surface area (Å²) in [5.74, 6) is 0.237. The molecule has 0 saturated heterocycles. The van der Waals surface area contributed by atoms with E-state index < -0.39 is 0 Å². The number of nitrogens with one attached hydrogen (secondary N) is 1. The molecule has 1 aromatic heterocycles. The summed E-state index contributed by atoms with van der Waals surface area (Å²) in [6.07, 6.45) is 1.85. The molecule has 0 bridgehead atoms. The number of carbonyl (C=O) groups excluding carboxylic acids is 1. The molecule has 0 saturated carbocycles. The summed E-state index contributed by atoms with van der Waals surface area (Å²) in [7, 11) is 1.85. The predicted octanol–water partition coefficient (Wildman–Crippen LogP) is 3.05. The van der Waals surface area contributed by atoms with Gasteiger partial charge < -0.3 is 10.1 Å². The smallest absolute Gasteiger partial charge is 0.251 e. The van der Waals surface area contributed by atoms with Crippen molar-refractivity contribution in [2.75, 3.05) is 0 Å². The van der Waals surface area contributed by atoms with Gasteiger partial charge in [0.15, 0.2) is 0 Å². The molecule has 0 atom stereocenters. The Morgan fingerprint density at radius 2 is 2.00 bits per heavy atom. The molecular formula is C19H16FN3O2. The lowest BCUT2D eigenvalue weighted by atomic mass is 9.99. The second-order valence-corrected chi connectivity index (χ2v) is 5.96. The monoisotopic (exact) mass is 337 g/mol. The van der Waals surface area contributed by atoms with E-state index in [9.17, 15) is 9.18 Å². The van der Waals surface area contributed by atoms with Crippen molar-refractivity contribution in [3.8, 4) is 16.9 Å². The number of hydrogen-bond acceptors (Lipinski definition) is 3. The Morgan fingerprint density at radius 3 is 2.72 bits per heavy atom. The number of carbonyl (C=O) groups is 1. The number of hydrogen-bond donors (Lipinski definition) is 1. The second-order valence-electron chi connectivity index (χ2n) is 5.96. The predicted molar refractivity (Wildman–Crippen MR) is 90.5 cm³/mol. The molecule has 6 heteroatoms. The van der Waals surface area contributed by atoms with Crippen LogP contribution in [0.25, 0.3) is 11.1 Å². The van der Waals surface area contributed by atoms with E-state index in [0.29, 0.717) is 24.5 Å². The molecule has 3 aromatic rings. The molecule has 0 aliphatic carbocycles. The molecule has 0 fully saturated rings. The highest BCUT2D eigenvalue weighted by molar-refractivity contribution is 6.00. The first-order valence-corrected chi connectivity index (χ1v) is 7.92. The quantitative estimate of drug-likeness (QED) is 0.796. The Morgan fingerprint density at radius 1 is 1.20 bits per heavy atom. The number of benzene rings is 2. The number of aryl methyl sites for hydroxylation is 1. The van der Waals surface area contributed by atoms with Crippen molar-refractivity contribution in [1.82, 2.24) is 15.1 Å². The van der Waals surface area contributed by atoms with E-state index in [1.165, 1.54) is 12.1 Å². The van der Waals surface area contributed by atoms with Crippen LogP contribution in [0.1, 0.15) is 21.6 Å². The van der Waals surface area contributed by atoms with Crippen LogP contribution in [-0.2, 0) is 20.2 Å². The van der Waals surface area contributed by atoms with Crippen molar-refractivity contribution in [3.05, 3.63) is 71.3 Å². The summed E-state index contributed by atoms with van der Waals surface area (Å²) in [6.45, 7) is 0.799. The standard InChI is InChI=1S/C19H16FN3O2/c1-23-7-6-15(22-23)11-25-18-8-13-10-21-19(24)17(13)9-16(18)12-2-4-14(20)5-3-12/h2-9H,10-11H2,1H3,(H,21,24). The minimum atomic E-state index is -0.307. The van der Waals surface area contributed by atoms with Gasteiger partial charge in [-0.15, -0.1) is 0 Å². The topological polar surface area (TPSA) is 56.1 Å². The summed E-state index contributed by atoms with van der Waals surface area (Å²) < 4.78 is 20.9. The molecule has 4 rings (SSSR count). The van der Waals surface area contributed by atoms with Crippen LogP contribution >= 0.6 is 0 Å². The minimum Gasteiger partial charge on any atom is -0.487 e. The zero-order valence-electron chi connectivity index (χ0n) is 13.6. The highest BCUT2D eigenvalue weighted by atomic mass is 19.1. The molecule has 25 heavy (non-hydrogen) atoms. The minimum absolute atomic E-state index is 0.102. The molecule has 0 unspecified atom stereocenters. The van der Waals surface area contributed by atoms with Crippen molar-refractivity contribution in [2.45, 2.75) is 13.2 Å². The molecule has 126 valence electrons. The zero-order valence-corrected chi connectivity index (χ0v) is 13.6. The third-order valence-electron chi connectivity index (χ3n) is 4.19. The molecule has 0 spiro atoms. The number of amides is 1. The van der Waals surface area contributed by atoms with Gasteiger partial charge in [-0.1, -0.05) is 12.1 Å². The third-order valence-corrected chi connectivity index (χ3v) is 4.19. The van der Waals surface area contributed by atoms with Gasteiger partial charge in [-0.25, -0.2) is 4.39 Å². The van der Waals surface area contributed by atoms with Gasteiger partial charge in [0.05, 0.1) is 5.69 Å². The average molecular weight is 337 g/mol. The van der Waals surface area contributed by atoms with E-state index >= 15 is 0 Å². The maximum atomic E-state index is 13.3. The van der Waals surface area contributed by atoms with Gasteiger partial charge in [-0.2, -0.15) is 5.10 Å². The first-order valence-electron chi connectivity index (χ1n) is 7.92. The lowest BCUT2D eigenvalue weighted by Crippen LogP contribution is -2.12. The summed E-state index contributed by atoms with van der Waals surface area (Å²) >= 11 is 0. The molecule has 2 heterocycles. The lowest BCUT2D eigenvalue weighted by Gasteiger charge is -2.13. The van der Waals surface area contributed by atoms with Crippen molar-refractivity contribution in [3.63, 3.8) is 0 Å². The molecule has 1 aliphatic rings. The van der Waals surface area contributed by atoms with Gasteiger partial charge in [0, 0.05) is 30.9 Å². The Labute approximate surface area is 144 Å². The number of ether oxygens (including phenoxy) is 1. The van der Waals surface area contributed by atoms with Crippen LogP contribution in [0.4, 0.5) is 4.39 Å². The molecule has 1 amide bonds. The van der Waals surface area contributed by atoms with Crippen LogP contribution in [0.2, 0.25) is 0 Å². The highest BCUT2D eigenvalue weighted by Gasteiger charge is 2.22. The molecule has 2 aromatic carbocycles. The summed E-state index contributed by atoms with van der Waals surface area (Å²) in [6, 6.07) is 11.7. The van der Waals surface area contributed by atoms with Crippen molar-refractivity contribution >= 4 is 5.91 Å². The Kier molecular flexibility index (Phi) is 3.72. The van der Waals surface area contributed by atoms with Crippen LogP contribution < -0.4 is 10.1 Å². The van der Waals surface area contributed by atoms with Crippen molar-refractivity contribution in [1.29, 1.82) is 0 Å². The maximum Gasteiger partial charge on any atom is 0.251 e. The van der Waals surface area contributed by atoms with E-state index in [1.807, 2.05) is 25.4 Å². The van der Waals surface area contributed by atoms with E-state index in [2.05, 4.69) is 10.4 Å². The van der Waals surface area contributed by atoms with Crippen LogP contribution in [-0.4, -0.2) is 15.7 Å². The summed E-state index contributed by atoms with van der Waals surface area (Å²) in [5, 5.41) is 7.11. The summed E-state index contributed by atoms with van der Waals surface area (Å²) in [5.41, 5.74) is 3.88. The normalized spacial score (nSPS) is 12.8. The highest BCUT2D eigenvalue weighted by Crippen LogP contribution is 2.35. The third kappa shape index (κ3) is 2.98. The van der Waals surface area contributed by atoms with Gasteiger partial charge in [0.25, 0.3) is 5.91 Å².